The van der Waals surface area contributed by atoms with Gasteiger partial charge in [0.2, 0.25) is 0 Å². The summed E-state index contributed by atoms with van der Waals surface area (Å²) in [6, 6.07) is 8.55. The molecule has 0 aromatic heterocycles. The second-order valence-electron chi connectivity index (χ2n) is 3.82. The highest BCUT2D eigenvalue weighted by molar-refractivity contribution is 7.81. The molecule has 0 aliphatic rings. The fourth-order valence-corrected chi connectivity index (χ4v) is 1.96. The summed E-state index contributed by atoms with van der Waals surface area (Å²) >= 11 is 11.0. The van der Waals surface area contributed by atoms with Crippen LogP contribution in [0.15, 0.2) is 36.4 Å². The van der Waals surface area contributed by atoms with Gasteiger partial charge in [0.15, 0.2) is 0 Å². The average molecular weight is 296 g/mol. The van der Waals surface area contributed by atoms with E-state index >= 15 is 0 Å². The first-order valence-electron chi connectivity index (χ1n) is 5.29. The Kier molecular flexibility index (Phi) is 3.78. The number of hydrogen-bond donors (Lipinski definition) is 4. The third-order valence-electron chi connectivity index (χ3n) is 2.43. The number of thiocarbonyl (C=S) groups is 1. The van der Waals surface area contributed by atoms with E-state index in [4.69, 9.17) is 23.8 Å². The second-order valence-corrected chi connectivity index (χ2v) is 4.66. The topological polar surface area (TPSA) is 72.7 Å². The summed E-state index contributed by atoms with van der Waals surface area (Å²) in [5.41, 5.74) is 0.678. The number of hydrogen-bond acceptors (Lipinski definition) is 4. The maximum absolute atomic E-state index is 9.69. The Morgan fingerprint density at radius 2 is 1.74 bits per heavy atom. The molecule has 19 heavy (non-hydrogen) atoms. The molecular formula is C13H10ClNO3S. The number of benzene rings is 2. The van der Waals surface area contributed by atoms with Gasteiger partial charge < -0.3 is 20.6 Å². The molecule has 4 nitrogen and oxygen atoms in total. The number of rotatable bonds is 2. The van der Waals surface area contributed by atoms with Crippen molar-refractivity contribution in [3.63, 3.8) is 0 Å². The van der Waals surface area contributed by atoms with Crippen LogP contribution in [-0.2, 0) is 0 Å². The Bertz CT molecular complexity index is 646. The van der Waals surface area contributed by atoms with E-state index in [-0.39, 0.29) is 22.2 Å². The largest absolute Gasteiger partial charge is 0.508 e. The molecule has 2 aromatic rings. The number of aromatic hydroxyl groups is 3. The Morgan fingerprint density at radius 3 is 2.42 bits per heavy atom. The molecule has 4 N–H and O–H groups in total. The van der Waals surface area contributed by atoms with Crippen LogP contribution >= 0.6 is 23.8 Å². The first-order chi connectivity index (χ1) is 8.97. The molecule has 0 unspecified atom stereocenters. The number of halogens is 1. The standard InChI is InChI=1S/C13H10ClNO3S/c14-7-1-4-11(17)10(5-7)15-13(19)9-3-2-8(16)6-12(9)18/h1-6,16-18H,(H,15,19). The van der Waals surface area contributed by atoms with E-state index in [9.17, 15) is 15.3 Å². The molecule has 0 saturated heterocycles. The minimum atomic E-state index is -0.154. The molecule has 0 spiro atoms. The van der Waals surface area contributed by atoms with Gasteiger partial charge in [-0.25, -0.2) is 0 Å². The van der Waals surface area contributed by atoms with Gasteiger partial charge in [-0.1, -0.05) is 23.8 Å². The van der Waals surface area contributed by atoms with E-state index in [2.05, 4.69) is 5.32 Å². The van der Waals surface area contributed by atoms with E-state index in [1.165, 1.54) is 30.3 Å². The highest BCUT2D eigenvalue weighted by atomic mass is 35.5. The van der Waals surface area contributed by atoms with Gasteiger partial charge in [-0.15, -0.1) is 0 Å². The predicted molar refractivity (Wildman–Crippen MR) is 78.2 cm³/mol. The zero-order chi connectivity index (χ0) is 14.0. The van der Waals surface area contributed by atoms with Crippen molar-refractivity contribution in [2.75, 3.05) is 5.32 Å². The fraction of sp³-hybridized carbons (Fsp3) is 0. The molecule has 0 bridgehead atoms. The lowest BCUT2D eigenvalue weighted by Crippen LogP contribution is -2.10. The molecule has 98 valence electrons. The quantitative estimate of drug-likeness (QED) is 0.506. The van der Waals surface area contributed by atoms with Crippen LogP contribution in [0.25, 0.3) is 0 Å². The summed E-state index contributed by atoms with van der Waals surface area (Å²) in [7, 11) is 0. The van der Waals surface area contributed by atoms with Gasteiger partial charge in [0.1, 0.15) is 22.2 Å². The first-order valence-corrected chi connectivity index (χ1v) is 6.08. The maximum atomic E-state index is 9.69. The van der Waals surface area contributed by atoms with Crippen LogP contribution in [0.2, 0.25) is 5.02 Å². The van der Waals surface area contributed by atoms with Crippen LogP contribution in [0.4, 0.5) is 5.69 Å². The molecule has 0 heterocycles. The molecule has 6 heteroatoms. The molecular weight excluding hydrogens is 286 g/mol. The molecule has 0 saturated carbocycles. The van der Waals surface area contributed by atoms with Crippen LogP contribution in [0.5, 0.6) is 17.2 Å². The van der Waals surface area contributed by atoms with Gasteiger partial charge in [-0.3, -0.25) is 0 Å². The summed E-state index contributed by atoms with van der Waals surface area (Å²) in [6.45, 7) is 0. The lowest BCUT2D eigenvalue weighted by atomic mass is 10.2. The van der Waals surface area contributed by atoms with Crippen LogP contribution in [0.1, 0.15) is 5.56 Å². The van der Waals surface area contributed by atoms with Gasteiger partial charge in [0.25, 0.3) is 0 Å². The van der Waals surface area contributed by atoms with Gasteiger partial charge in [-0.05, 0) is 30.3 Å². The molecule has 0 aliphatic heterocycles. The van der Waals surface area contributed by atoms with Crippen LogP contribution in [0.3, 0.4) is 0 Å². The Hall–Kier alpha value is -1.98. The first kappa shape index (κ1) is 13.5. The third-order valence-corrected chi connectivity index (χ3v) is 2.99. The minimum Gasteiger partial charge on any atom is -0.508 e. The SMILES string of the molecule is Oc1ccc(C(=S)Nc2cc(Cl)ccc2O)c(O)c1. The maximum Gasteiger partial charge on any atom is 0.139 e. The van der Waals surface area contributed by atoms with Crippen LogP contribution in [0, 0.1) is 0 Å². The highest BCUT2D eigenvalue weighted by Gasteiger charge is 2.10. The molecule has 0 atom stereocenters. The van der Waals surface area contributed by atoms with E-state index in [1.807, 2.05) is 0 Å². The van der Waals surface area contributed by atoms with Crippen molar-refractivity contribution in [2.24, 2.45) is 0 Å². The average Bonchev–Trinajstić information content (AvgIpc) is 2.33. The summed E-state index contributed by atoms with van der Waals surface area (Å²) in [5.74, 6) is -0.223. The van der Waals surface area contributed by atoms with E-state index in [0.29, 0.717) is 16.3 Å². The smallest absolute Gasteiger partial charge is 0.139 e. The molecule has 0 radical (unpaired) electrons. The molecule has 2 rings (SSSR count). The van der Waals surface area contributed by atoms with Crippen molar-refractivity contribution in [3.8, 4) is 17.2 Å². The van der Waals surface area contributed by atoms with Crippen molar-refractivity contribution < 1.29 is 15.3 Å². The second kappa shape index (κ2) is 5.34. The van der Waals surface area contributed by atoms with Crippen molar-refractivity contribution in [1.29, 1.82) is 0 Å². The zero-order valence-corrected chi connectivity index (χ0v) is 11.2. The van der Waals surface area contributed by atoms with Crippen LogP contribution in [-0.4, -0.2) is 20.3 Å². The summed E-state index contributed by atoms with van der Waals surface area (Å²) in [6.07, 6.45) is 0. The lowest BCUT2D eigenvalue weighted by Gasteiger charge is -2.11. The van der Waals surface area contributed by atoms with Gasteiger partial charge in [-0.2, -0.15) is 0 Å². The van der Waals surface area contributed by atoms with E-state index in [0.717, 1.165) is 0 Å². The number of nitrogens with one attached hydrogen (secondary N) is 1. The monoisotopic (exact) mass is 295 g/mol. The normalized spacial score (nSPS) is 10.2. The number of phenolic OH excluding ortho intramolecular Hbond substituents is 3. The zero-order valence-electron chi connectivity index (χ0n) is 9.59. The molecule has 0 aliphatic carbocycles. The highest BCUT2D eigenvalue weighted by Crippen LogP contribution is 2.29. The minimum absolute atomic E-state index is 0.00924. The summed E-state index contributed by atoms with van der Waals surface area (Å²) in [4.78, 5) is 0.204. The Morgan fingerprint density at radius 1 is 1.00 bits per heavy atom. The van der Waals surface area contributed by atoms with E-state index < -0.39 is 0 Å². The predicted octanol–water partition coefficient (Wildman–Crippen LogP) is 3.24. The lowest BCUT2D eigenvalue weighted by molar-refractivity contribution is 0.450. The van der Waals surface area contributed by atoms with Crippen molar-refractivity contribution in [1.82, 2.24) is 0 Å². The molecule has 0 amide bonds. The van der Waals surface area contributed by atoms with E-state index in [1.54, 1.807) is 6.07 Å². The summed E-state index contributed by atoms with van der Waals surface area (Å²) < 4.78 is 0. The van der Waals surface area contributed by atoms with Gasteiger partial charge in [0, 0.05) is 11.1 Å². The molecule has 0 fully saturated rings. The number of anilines is 1. The van der Waals surface area contributed by atoms with Crippen LogP contribution < -0.4 is 5.32 Å². The van der Waals surface area contributed by atoms with Crippen molar-refractivity contribution in [3.05, 3.63) is 47.0 Å². The van der Waals surface area contributed by atoms with Crippen molar-refractivity contribution >= 4 is 34.5 Å². The molecule has 2 aromatic carbocycles. The third kappa shape index (κ3) is 3.07. The van der Waals surface area contributed by atoms with Gasteiger partial charge >= 0.3 is 0 Å². The Labute approximate surface area is 119 Å². The fourth-order valence-electron chi connectivity index (χ4n) is 1.51. The van der Waals surface area contributed by atoms with Crippen molar-refractivity contribution in [2.45, 2.75) is 0 Å². The Balaban J connectivity index is 2.28. The number of phenols is 3. The summed E-state index contributed by atoms with van der Waals surface area (Å²) in [5, 5.41) is 31.8. The van der Waals surface area contributed by atoms with Gasteiger partial charge in [0.05, 0.1) is 11.3 Å².